The zero-order valence-electron chi connectivity index (χ0n) is 19.7. The number of imidazole rings is 1. The maximum atomic E-state index is 14.8. The lowest BCUT2D eigenvalue weighted by atomic mass is 9.93. The lowest BCUT2D eigenvalue weighted by molar-refractivity contribution is 0.0677. The molecule has 1 aliphatic heterocycles. The second kappa shape index (κ2) is 9.03. The summed E-state index contributed by atoms with van der Waals surface area (Å²) in [5.74, 6) is -0.382. The van der Waals surface area contributed by atoms with Crippen LogP contribution >= 0.6 is 15.9 Å². The van der Waals surface area contributed by atoms with Crippen LogP contribution in [0.3, 0.4) is 0 Å². The van der Waals surface area contributed by atoms with E-state index in [1.54, 1.807) is 18.3 Å². The highest BCUT2D eigenvalue weighted by Gasteiger charge is 2.29. The summed E-state index contributed by atoms with van der Waals surface area (Å²) in [5, 5.41) is 0. The SMILES string of the molecule is C[C@@H]1c2ccccc2CCN1C(=O)c1cc(-c2ccccc2)c2nc(-c3ccc(Br)cc3F)cn2c1. The normalized spacial score (nSPS) is 15.2. The first-order valence-corrected chi connectivity index (χ1v) is 12.7. The molecule has 178 valence electrons. The summed E-state index contributed by atoms with van der Waals surface area (Å²) in [6.45, 7) is 2.74. The van der Waals surface area contributed by atoms with Crippen molar-refractivity contribution < 1.29 is 9.18 Å². The predicted octanol–water partition coefficient (Wildman–Crippen LogP) is 7.33. The first-order valence-electron chi connectivity index (χ1n) is 11.9. The van der Waals surface area contributed by atoms with Crippen LogP contribution in [0, 0.1) is 5.82 Å². The maximum Gasteiger partial charge on any atom is 0.255 e. The summed E-state index contributed by atoms with van der Waals surface area (Å²) in [6, 6.07) is 25.0. The van der Waals surface area contributed by atoms with Crippen LogP contribution in [0.1, 0.15) is 34.5 Å². The molecular weight excluding hydrogens is 517 g/mol. The standard InChI is InChI=1S/C30H23BrFN3O/c1-19-24-10-6-5-9-21(24)13-14-35(19)30(36)22-15-26(20-7-3-2-4-8-20)29-33-28(18-34(29)17-22)25-12-11-23(31)16-27(25)32/h2-12,15-19H,13-14H2,1H3/t19-/m1/s1. The minimum Gasteiger partial charge on any atom is -0.331 e. The monoisotopic (exact) mass is 539 g/mol. The molecule has 1 amide bonds. The fourth-order valence-electron chi connectivity index (χ4n) is 5.09. The molecule has 0 spiro atoms. The van der Waals surface area contributed by atoms with Gasteiger partial charge in [-0.1, -0.05) is 70.5 Å². The summed E-state index contributed by atoms with van der Waals surface area (Å²) in [6.07, 6.45) is 4.43. The first kappa shape index (κ1) is 22.7. The Hall–Kier alpha value is -3.77. The number of nitrogens with zero attached hydrogens (tertiary/aromatic N) is 3. The molecule has 0 radical (unpaired) electrons. The van der Waals surface area contributed by atoms with Crippen molar-refractivity contribution in [2.75, 3.05) is 6.54 Å². The Balaban J connectivity index is 1.48. The molecule has 0 fully saturated rings. The Morgan fingerprint density at radius 2 is 1.75 bits per heavy atom. The van der Waals surface area contributed by atoms with Crippen molar-refractivity contribution in [1.82, 2.24) is 14.3 Å². The van der Waals surface area contributed by atoms with Crippen LogP contribution in [0.15, 0.2) is 95.7 Å². The molecule has 1 aliphatic rings. The third kappa shape index (κ3) is 3.91. The zero-order valence-corrected chi connectivity index (χ0v) is 21.2. The number of rotatable bonds is 3. The Kier molecular flexibility index (Phi) is 5.69. The number of aromatic nitrogens is 2. The number of benzene rings is 3. The average Bonchev–Trinajstić information content (AvgIpc) is 3.32. The van der Waals surface area contributed by atoms with E-state index in [4.69, 9.17) is 4.98 Å². The number of carbonyl (C=O) groups excluding carboxylic acids is 1. The Morgan fingerprint density at radius 3 is 2.56 bits per heavy atom. The van der Waals surface area contributed by atoms with E-state index in [1.807, 2.05) is 64.0 Å². The lowest BCUT2D eigenvalue weighted by Gasteiger charge is -2.35. The maximum absolute atomic E-state index is 14.8. The third-order valence-corrected chi connectivity index (χ3v) is 7.44. The van der Waals surface area contributed by atoms with Gasteiger partial charge in [-0.05, 0) is 54.3 Å². The van der Waals surface area contributed by atoms with Gasteiger partial charge < -0.3 is 9.30 Å². The minimum absolute atomic E-state index is 0.0199. The van der Waals surface area contributed by atoms with Gasteiger partial charge >= 0.3 is 0 Å². The number of amides is 1. The Morgan fingerprint density at radius 1 is 0.972 bits per heavy atom. The summed E-state index contributed by atoms with van der Waals surface area (Å²) in [7, 11) is 0. The number of carbonyl (C=O) groups is 1. The fraction of sp³-hybridized carbons (Fsp3) is 0.133. The first-order chi connectivity index (χ1) is 17.5. The molecule has 0 saturated carbocycles. The lowest BCUT2D eigenvalue weighted by Crippen LogP contribution is -2.38. The minimum atomic E-state index is -0.355. The van der Waals surface area contributed by atoms with Gasteiger partial charge in [0.05, 0.1) is 17.3 Å². The molecule has 0 unspecified atom stereocenters. The van der Waals surface area contributed by atoms with E-state index < -0.39 is 0 Å². The largest absolute Gasteiger partial charge is 0.331 e. The van der Waals surface area contributed by atoms with E-state index in [0.29, 0.717) is 33.5 Å². The van der Waals surface area contributed by atoms with Crippen molar-refractivity contribution in [2.24, 2.45) is 0 Å². The van der Waals surface area contributed by atoms with Crippen LogP contribution in [0.25, 0.3) is 28.0 Å². The van der Waals surface area contributed by atoms with Gasteiger partial charge in [-0.2, -0.15) is 0 Å². The van der Waals surface area contributed by atoms with E-state index in [0.717, 1.165) is 17.5 Å². The molecule has 3 aromatic carbocycles. The highest BCUT2D eigenvalue weighted by atomic mass is 79.9. The Bertz CT molecular complexity index is 1610. The van der Waals surface area contributed by atoms with Crippen molar-refractivity contribution in [3.63, 3.8) is 0 Å². The van der Waals surface area contributed by atoms with Crippen molar-refractivity contribution in [3.05, 3.63) is 118 Å². The van der Waals surface area contributed by atoms with E-state index in [9.17, 15) is 9.18 Å². The molecular formula is C30H23BrFN3O. The van der Waals surface area contributed by atoms with Crippen LogP contribution < -0.4 is 0 Å². The molecule has 36 heavy (non-hydrogen) atoms. The molecule has 0 bridgehead atoms. The molecule has 4 nitrogen and oxygen atoms in total. The molecule has 6 rings (SSSR count). The smallest absolute Gasteiger partial charge is 0.255 e. The zero-order chi connectivity index (χ0) is 24.8. The van der Waals surface area contributed by atoms with Gasteiger partial charge in [-0.15, -0.1) is 0 Å². The van der Waals surface area contributed by atoms with Gasteiger partial charge in [0.15, 0.2) is 0 Å². The summed E-state index contributed by atoms with van der Waals surface area (Å²) in [4.78, 5) is 20.6. The van der Waals surface area contributed by atoms with Crippen molar-refractivity contribution >= 4 is 27.5 Å². The molecule has 2 aromatic heterocycles. The van der Waals surface area contributed by atoms with Crippen molar-refractivity contribution in [3.8, 4) is 22.4 Å². The molecule has 0 N–H and O–H groups in total. The van der Waals surface area contributed by atoms with Crippen molar-refractivity contribution in [1.29, 1.82) is 0 Å². The molecule has 0 saturated heterocycles. The number of hydrogen-bond acceptors (Lipinski definition) is 2. The fourth-order valence-corrected chi connectivity index (χ4v) is 5.42. The van der Waals surface area contributed by atoms with Gasteiger partial charge in [0.2, 0.25) is 0 Å². The van der Waals surface area contributed by atoms with Crippen LogP contribution in [0.5, 0.6) is 0 Å². The number of halogens is 2. The van der Waals surface area contributed by atoms with Gasteiger partial charge in [-0.3, -0.25) is 4.79 Å². The van der Waals surface area contributed by atoms with Gasteiger partial charge in [0, 0.05) is 34.5 Å². The number of fused-ring (bicyclic) bond motifs is 2. The van der Waals surface area contributed by atoms with Gasteiger partial charge in [0.1, 0.15) is 11.5 Å². The van der Waals surface area contributed by atoms with E-state index in [-0.39, 0.29) is 17.8 Å². The topological polar surface area (TPSA) is 37.6 Å². The van der Waals surface area contributed by atoms with E-state index in [1.165, 1.54) is 17.2 Å². The Labute approximate surface area is 217 Å². The predicted molar refractivity (Wildman–Crippen MR) is 143 cm³/mol. The van der Waals surface area contributed by atoms with E-state index >= 15 is 0 Å². The quantitative estimate of drug-likeness (QED) is 0.240. The average molecular weight is 540 g/mol. The summed E-state index contributed by atoms with van der Waals surface area (Å²) in [5.41, 5.74) is 6.44. The summed E-state index contributed by atoms with van der Waals surface area (Å²) >= 11 is 3.32. The van der Waals surface area contributed by atoms with Crippen molar-refractivity contribution in [2.45, 2.75) is 19.4 Å². The molecule has 3 heterocycles. The third-order valence-electron chi connectivity index (χ3n) is 6.95. The second-order valence-corrected chi connectivity index (χ2v) is 10.0. The van der Waals surface area contributed by atoms with E-state index in [2.05, 4.69) is 35.0 Å². The van der Waals surface area contributed by atoms with Gasteiger partial charge in [0.25, 0.3) is 5.91 Å². The van der Waals surface area contributed by atoms with Gasteiger partial charge in [-0.25, -0.2) is 9.37 Å². The highest BCUT2D eigenvalue weighted by molar-refractivity contribution is 9.10. The van der Waals surface area contributed by atoms with Crippen LogP contribution in [0.2, 0.25) is 0 Å². The highest BCUT2D eigenvalue weighted by Crippen LogP contribution is 2.33. The second-order valence-electron chi connectivity index (χ2n) is 9.11. The molecule has 0 aliphatic carbocycles. The van der Waals surface area contributed by atoms with Crippen LogP contribution in [-0.2, 0) is 6.42 Å². The summed E-state index contributed by atoms with van der Waals surface area (Å²) < 4.78 is 17.3. The molecule has 6 heteroatoms. The molecule has 5 aromatic rings. The number of pyridine rings is 1. The molecule has 1 atom stereocenters. The number of hydrogen-bond donors (Lipinski definition) is 0. The van der Waals surface area contributed by atoms with Crippen LogP contribution in [-0.4, -0.2) is 26.7 Å². The van der Waals surface area contributed by atoms with Crippen LogP contribution in [0.4, 0.5) is 4.39 Å².